The van der Waals surface area contributed by atoms with Gasteiger partial charge in [-0.15, -0.1) is 0 Å². The molecule has 1 unspecified atom stereocenters. The van der Waals surface area contributed by atoms with E-state index in [9.17, 15) is 13.2 Å². The van der Waals surface area contributed by atoms with Crippen LogP contribution in [-0.4, -0.2) is 72.7 Å². The number of ether oxygens (including phenoxy) is 3. The summed E-state index contributed by atoms with van der Waals surface area (Å²) in [4.78, 5) is 26.6. The Morgan fingerprint density at radius 1 is 1.03 bits per heavy atom. The lowest BCUT2D eigenvalue weighted by Crippen LogP contribution is -2.33. The number of amides is 1. The van der Waals surface area contributed by atoms with Crippen molar-refractivity contribution in [2.45, 2.75) is 49.5 Å². The van der Waals surface area contributed by atoms with Gasteiger partial charge in [0.2, 0.25) is 5.90 Å². The third-order valence-electron chi connectivity index (χ3n) is 6.69. The highest BCUT2D eigenvalue weighted by molar-refractivity contribution is 7.90. The molecule has 6 rings (SSSR count). The van der Waals surface area contributed by atoms with Gasteiger partial charge in [0.05, 0.1) is 12.7 Å². The highest BCUT2D eigenvalue weighted by atomic mass is 32.2. The highest BCUT2D eigenvalue weighted by Gasteiger charge is 2.41. The Bertz CT molecular complexity index is 1510. The number of aromatic nitrogens is 2. The Morgan fingerprint density at radius 2 is 1.82 bits per heavy atom. The summed E-state index contributed by atoms with van der Waals surface area (Å²) in [5.74, 6) is 1.91. The third kappa shape index (κ3) is 5.10. The number of nitrogens with one attached hydrogen (secondary N) is 1. The normalized spacial score (nSPS) is 21.4. The first-order valence-corrected chi connectivity index (χ1v) is 14.5. The van der Waals surface area contributed by atoms with Crippen LogP contribution in [-0.2, 0) is 19.4 Å². The lowest BCUT2D eigenvalue weighted by Gasteiger charge is -2.17. The van der Waals surface area contributed by atoms with Crippen LogP contribution in [0.3, 0.4) is 0 Å². The largest absolute Gasteiger partial charge is 0.480 e. The zero-order valence-corrected chi connectivity index (χ0v) is 21.9. The first-order valence-electron chi connectivity index (χ1n) is 12.6. The van der Waals surface area contributed by atoms with Crippen LogP contribution in [0, 0.1) is 0 Å². The molecule has 0 bridgehead atoms. The van der Waals surface area contributed by atoms with Crippen molar-refractivity contribution in [2.75, 3.05) is 19.3 Å². The van der Waals surface area contributed by atoms with Crippen LogP contribution in [0.15, 0.2) is 58.7 Å². The summed E-state index contributed by atoms with van der Waals surface area (Å²) in [5, 5.41) is -0.0344. The SMILES string of the molecule is C[C@H]1CN=C(c2ccc(-c3cc(Oc4ccc(S(C)(=O)=O)nc4)cc(OC4CCN(C5CC5)C4=O)c3)[nH]2)O1. The average molecular weight is 537 g/mol. The van der Waals surface area contributed by atoms with Crippen molar-refractivity contribution < 1.29 is 27.4 Å². The number of carbonyl (C=O) groups excluding carboxylic acids is 1. The minimum Gasteiger partial charge on any atom is -0.480 e. The van der Waals surface area contributed by atoms with E-state index in [1.54, 1.807) is 12.1 Å². The number of aromatic amines is 1. The summed E-state index contributed by atoms with van der Waals surface area (Å²) in [6.45, 7) is 3.29. The van der Waals surface area contributed by atoms with Crippen molar-refractivity contribution in [2.24, 2.45) is 4.99 Å². The van der Waals surface area contributed by atoms with Gasteiger partial charge in [-0.25, -0.2) is 18.4 Å². The highest BCUT2D eigenvalue weighted by Crippen LogP contribution is 2.35. The van der Waals surface area contributed by atoms with E-state index in [2.05, 4.69) is 15.0 Å². The molecule has 1 amide bonds. The second-order valence-electron chi connectivity index (χ2n) is 9.92. The predicted molar refractivity (Wildman–Crippen MR) is 139 cm³/mol. The van der Waals surface area contributed by atoms with Crippen LogP contribution in [0.2, 0.25) is 0 Å². The number of pyridine rings is 1. The molecule has 1 saturated carbocycles. The Labute approximate surface area is 220 Å². The van der Waals surface area contributed by atoms with Crippen molar-refractivity contribution in [1.82, 2.24) is 14.9 Å². The number of benzene rings is 1. The standard InChI is InChI=1S/C27H28N4O6S/c1-16-14-29-26(35-16)23-7-6-22(30-23)17-11-20(36-19-5-8-25(28-15-19)38(2,33)34)13-21(12-17)37-24-9-10-31(27(24)32)18-3-4-18/h5-8,11-13,15-16,18,24,30H,3-4,9-10,14H2,1-2H3/t16-,24?/m0/s1. The van der Waals surface area contributed by atoms with Crippen LogP contribution in [0.4, 0.5) is 0 Å². The lowest BCUT2D eigenvalue weighted by molar-refractivity contribution is -0.133. The summed E-state index contributed by atoms with van der Waals surface area (Å²) in [5.41, 5.74) is 2.34. The minimum atomic E-state index is -3.42. The molecule has 4 heterocycles. The van der Waals surface area contributed by atoms with E-state index >= 15 is 0 Å². The molecule has 1 aromatic carbocycles. The Kier molecular flexibility index (Phi) is 6.10. The summed E-state index contributed by atoms with van der Waals surface area (Å²) in [7, 11) is -3.42. The predicted octanol–water partition coefficient (Wildman–Crippen LogP) is 3.58. The van der Waals surface area contributed by atoms with E-state index in [4.69, 9.17) is 14.2 Å². The van der Waals surface area contributed by atoms with Gasteiger partial charge >= 0.3 is 0 Å². The van der Waals surface area contributed by atoms with Crippen molar-refractivity contribution >= 4 is 21.6 Å². The van der Waals surface area contributed by atoms with Crippen molar-refractivity contribution in [1.29, 1.82) is 0 Å². The molecule has 10 nitrogen and oxygen atoms in total. The molecule has 0 radical (unpaired) electrons. The zero-order valence-electron chi connectivity index (χ0n) is 21.1. The molecule has 2 aromatic heterocycles. The number of rotatable bonds is 8. The smallest absolute Gasteiger partial charge is 0.263 e. The van der Waals surface area contributed by atoms with Gasteiger partial charge in [0, 0.05) is 42.6 Å². The van der Waals surface area contributed by atoms with Gasteiger partial charge in [0.1, 0.15) is 29.0 Å². The van der Waals surface area contributed by atoms with Gasteiger partial charge in [-0.1, -0.05) is 0 Å². The van der Waals surface area contributed by atoms with Gasteiger partial charge in [0.25, 0.3) is 5.91 Å². The number of sulfone groups is 1. The van der Waals surface area contributed by atoms with Crippen LogP contribution < -0.4 is 9.47 Å². The fourth-order valence-electron chi connectivity index (χ4n) is 4.65. The number of H-pyrrole nitrogens is 1. The molecule has 3 aliphatic rings. The van der Waals surface area contributed by atoms with E-state index in [0.717, 1.165) is 36.0 Å². The fraction of sp³-hybridized carbons (Fsp3) is 0.370. The molecule has 2 atom stereocenters. The summed E-state index contributed by atoms with van der Waals surface area (Å²) in [6, 6.07) is 12.5. The molecule has 1 saturated heterocycles. The van der Waals surface area contributed by atoms with E-state index in [1.165, 1.54) is 12.3 Å². The van der Waals surface area contributed by atoms with Crippen LogP contribution in [0.25, 0.3) is 11.3 Å². The van der Waals surface area contributed by atoms with Crippen LogP contribution in [0.1, 0.15) is 31.9 Å². The van der Waals surface area contributed by atoms with E-state index < -0.39 is 15.9 Å². The van der Waals surface area contributed by atoms with Gasteiger partial charge in [-0.05, 0) is 56.2 Å². The van der Waals surface area contributed by atoms with Gasteiger partial charge in [-0.3, -0.25) is 4.79 Å². The lowest BCUT2D eigenvalue weighted by atomic mass is 10.1. The molecule has 1 aliphatic carbocycles. The number of aliphatic imine (C=N–C) groups is 1. The fourth-order valence-corrected chi connectivity index (χ4v) is 5.21. The Balaban J connectivity index is 1.29. The minimum absolute atomic E-state index is 0.0219. The van der Waals surface area contributed by atoms with Gasteiger partial charge in [0.15, 0.2) is 21.0 Å². The number of hydrogen-bond donors (Lipinski definition) is 1. The number of hydrogen-bond acceptors (Lipinski definition) is 8. The molecule has 3 aromatic rings. The molecule has 0 spiro atoms. The molecule has 198 valence electrons. The quantitative estimate of drug-likeness (QED) is 0.467. The molecule has 38 heavy (non-hydrogen) atoms. The zero-order chi connectivity index (χ0) is 26.4. The molecular weight excluding hydrogens is 508 g/mol. The maximum Gasteiger partial charge on any atom is 0.263 e. The first-order chi connectivity index (χ1) is 18.2. The number of nitrogens with zero attached hydrogens (tertiary/aromatic N) is 3. The second-order valence-corrected chi connectivity index (χ2v) is 11.9. The molecule has 11 heteroatoms. The average Bonchev–Trinajstić information content (AvgIpc) is 3.25. The molecule has 2 aliphatic heterocycles. The maximum absolute atomic E-state index is 12.9. The maximum atomic E-state index is 12.9. The first kappa shape index (κ1) is 24.5. The number of carbonyl (C=O) groups is 1. The molecule has 1 N–H and O–H groups in total. The second kappa shape index (κ2) is 9.46. The third-order valence-corrected chi connectivity index (χ3v) is 7.70. The monoisotopic (exact) mass is 536 g/mol. The summed E-state index contributed by atoms with van der Waals surface area (Å²) in [6.07, 6.45) is 4.70. The Hall–Kier alpha value is -3.86. The van der Waals surface area contributed by atoms with Crippen LogP contribution in [0.5, 0.6) is 17.2 Å². The Morgan fingerprint density at radius 3 is 2.50 bits per heavy atom. The summed E-state index contributed by atoms with van der Waals surface area (Å²) >= 11 is 0. The van der Waals surface area contributed by atoms with E-state index in [1.807, 2.05) is 36.1 Å². The summed E-state index contributed by atoms with van der Waals surface area (Å²) < 4.78 is 41.5. The van der Waals surface area contributed by atoms with E-state index in [0.29, 0.717) is 48.7 Å². The van der Waals surface area contributed by atoms with Gasteiger partial charge < -0.3 is 24.1 Å². The molecular formula is C27H28N4O6S. The van der Waals surface area contributed by atoms with Crippen molar-refractivity contribution in [3.8, 4) is 28.5 Å². The van der Waals surface area contributed by atoms with E-state index in [-0.39, 0.29) is 17.0 Å². The van der Waals surface area contributed by atoms with Gasteiger partial charge in [-0.2, -0.15) is 0 Å². The van der Waals surface area contributed by atoms with Crippen LogP contribution >= 0.6 is 0 Å². The number of likely N-dealkylation sites (tertiary alicyclic amines) is 1. The topological polar surface area (TPSA) is 123 Å². The molecule has 2 fully saturated rings. The van der Waals surface area contributed by atoms with Crippen molar-refractivity contribution in [3.05, 3.63) is 54.4 Å². The van der Waals surface area contributed by atoms with Crippen molar-refractivity contribution in [3.63, 3.8) is 0 Å².